The molecule has 26 heavy (non-hydrogen) atoms. The van der Waals surface area contributed by atoms with Crippen LogP contribution in [0.25, 0.3) is 0 Å². The quantitative estimate of drug-likeness (QED) is 0.839. The van der Waals surface area contributed by atoms with Crippen LogP contribution in [0.2, 0.25) is 0 Å². The first-order valence-corrected chi connectivity index (χ1v) is 9.26. The number of nitrogens with one attached hydrogen (secondary N) is 1. The van der Waals surface area contributed by atoms with Gasteiger partial charge in [-0.25, -0.2) is 9.78 Å². The van der Waals surface area contributed by atoms with Crippen LogP contribution in [0.4, 0.5) is 4.79 Å². The fraction of sp³-hybridized carbons (Fsp3) is 0.450. The highest BCUT2D eigenvalue weighted by Crippen LogP contribution is 2.32. The van der Waals surface area contributed by atoms with Gasteiger partial charge in [0.2, 0.25) is 0 Å². The van der Waals surface area contributed by atoms with Crippen molar-refractivity contribution >= 4 is 11.9 Å². The summed E-state index contributed by atoms with van der Waals surface area (Å²) in [4.78, 5) is 33.4. The van der Waals surface area contributed by atoms with Crippen LogP contribution in [-0.2, 0) is 24.0 Å². The molecular weight excluding hydrogens is 330 g/mol. The lowest BCUT2D eigenvalue weighted by Gasteiger charge is -2.19. The summed E-state index contributed by atoms with van der Waals surface area (Å²) >= 11 is 0. The number of aromatic amines is 1. The number of carbonyl (C=O) groups excluding carboxylic acids is 2. The van der Waals surface area contributed by atoms with Crippen molar-refractivity contribution in [2.75, 3.05) is 19.7 Å². The van der Waals surface area contributed by atoms with Crippen LogP contribution in [0, 0.1) is 5.92 Å². The zero-order chi connectivity index (χ0) is 17.9. The van der Waals surface area contributed by atoms with Crippen molar-refractivity contribution in [1.29, 1.82) is 0 Å². The Kier molecular flexibility index (Phi) is 4.73. The molecule has 0 spiro atoms. The molecule has 1 aliphatic carbocycles. The molecule has 136 valence electrons. The molecule has 1 saturated carbocycles. The van der Waals surface area contributed by atoms with E-state index in [-0.39, 0.29) is 17.8 Å². The van der Waals surface area contributed by atoms with Crippen LogP contribution in [-0.4, -0.2) is 46.4 Å². The number of aromatic nitrogens is 2. The van der Waals surface area contributed by atoms with Crippen LogP contribution in [0.3, 0.4) is 0 Å². The van der Waals surface area contributed by atoms with E-state index in [0.29, 0.717) is 26.1 Å². The van der Waals surface area contributed by atoms with E-state index in [1.807, 2.05) is 24.3 Å². The fourth-order valence-electron chi connectivity index (χ4n) is 3.33. The molecule has 1 amide bonds. The molecule has 0 radical (unpaired) electrons. The second kappa shape index (κ2) is 7.32. The summed E-state index contributed by atoms with van der Waals surface area (Å²) in [6.07, 6.45) is 5.67. The van der Waals surface area contributed by atoms with E-state index in [1.54, 1.807) is 11.2 Å². The maximum Gasteiger partial charge on any atom is 0.409 e. The van der Waals surface area contributed by atoms with Crippen molar-refractivity contribution in [2.45, 2.75) is 32.1 Å². The van der Waals surface area contributed by atoms with Crippen molar-refractivity contribution in [3.8, 4) is 0 Å². The van der Waals surface area contributed by atoms with Gasteiger partial charge in [0.25, 0.3) is 0 Å². The second-order valence-corrected chi connectivity index (χ2v) is 7.01. The highest BCUT2D eigenvalue weighted by molar-refractivity contribution is 5.99. The third-order valence-electron chi connectivity index (χ3n) is 5.12. The number of benzene rings is 1. The van der Waals surface area contributed by atoms with E-state index in [0.717, 1.165) is 48.2 Å². The molecule has 1 aromatic carbocycles. The van der Waals surface area contributed by atoms with Gasteiger partial charge in [0.05, 0.1) is 18.6 Å². The largest absolute Gasteiger partial charge is 0.449 e. The van der Waals surface area contributed by atoms with Crippen molar-refractivity contribution in [1.82, 2.24) is 14.9 Å². The van der Waals surface area contributed by atoms with E-state index in [9.17, 15) is 9.59 Å². The summed E-state index contributed by atoms with van der Waals surface area (Å²) < 4.78 is 5.43. The third-order valence-corrected chi connectivity index (χ3v) is 5.12. The van der Waals surface area contributed by atoms with E-state index in [1.165, 1.54) is 0 Å². The molecule has 4 rings (SSSR count). The molecule has 6 heteroatoms. The summed E-state index contributed by atoms with van der Waals surface area (Å²) in [6.45, 7) is 1.62. The van der Waals surface area contributed by atoms with Gasteiger partial charge in [-0.3, -0.25) is 4.79 Å². The Balaban J connectivity index is 1.23. The van der Waals surface area contributed by atoms with E-state index in [4.69, 9.17) is 4.74 Å². The first-order chi connectivity index (χ1) is 12.7. The zero-order valence-corrected chi connectivity index (χ0v) is 14.7. The number of hydrogen-bond donors (Lipinski definition) is 1. The number of imidazole rings is 1. The lowest BCUT2D eigenvalue weighted by Crippen LogP contribution is -2.34. The molecule has 1 fully saturated rings. The molecule has 0 atom stereocenters. The standard InChI is InChI=1S/C20H23N3O3/c24-19(16-5-6-16)15-3-1-14(2-4-15)9-12-26-20(25)23-10-7-17-18(8-11-23)22-13-21-17/h1-4,13,16H,5-12H2,(H,21,22). The van der Waals surface area contributed by atoms with Gasteiger partial charge in [-0.2, -0.15) is 0 Å². The highest BCUT2D eigenvalue weighted by Gasteiger charge is 2.30. The fourth-order valence-corrected chi connectivity index (χ4v) is 3.33. The van der Waals surface area contributed by atoms with Gasteiger partial charge in [0.1, 0.15) is 0 Å². The normalized spacial score (nSPS) is 16.7. The number of carbonyl (C=O) groups is 2. The van der Waals surface area contributed by atoms with Gasteiger partial charge in [0, 0.05) is 49.5 Å². The number of fused-ring (bicyclic) bond motifs is 1. The maximum absolute atomic E-state index is 12.3. The Hall–Kier alpha value is -2.63. The minimum atomic E-state index is -0.268. The number of ether oxygens (including phenoxy) is 1. The minimum Gasteiger partial charge on any atom is -0.449 e. The number of amides is 1. The number of nitrogens with zero attached hydrogens (tertiary/aromatic N) is 2. The number of Topliss-reactive ketones (excluding diaryl/α,β-unsaturated/α-hetero) is 1. The van der Waals surface area contributed by atoms with Crippen LogP contribution in [0.15, 0.2) is 30.6 Å². The predicted molar refractivity (Wildman–Crippen MR) is 96.1 cm³/mol. The first-order valence-electron chi connectivity index (χ1n) is 9.26. The highest BCUT2D eigenvalue weighted by atomic mass is 16.6. The number of hydrogen-bond acceptors (Lipinski definition) is 4. The average Bonchev–Trinajstić information content (AvgIpc) is 3.45. The predicted octanol–water partition coefficient (Wildman–Crippen LogP) is 2.78. The first kappa shape index (κ1) is 16.8. The smallest absolute Gasteiger partial charge is 0.409 e. The summed E-state index contributed by atoms with van der Waals surface area (Å²) in [5.41, 5.74) is 4.01. The zero-order valence-electron chi connectivity index (χ0n) is 14.7. The van der Waals surface area contributed by atoms with E-state index in [2.05, 4.69) is 9.97 Å². The maximum atomic E-state index is 12.3. The van der Waals surface area contributed by atoms with Crippen LogP contribution < -0.4 is 0 Å². The second-order valence-electron chi connectivity index (χ2n) is 7.01. The number of rotatable bonds is 5. The van der Waals surface area contributed by atoms with Gasteiger partial charge in [-0.1, -0.05) is 24.3 Å². The molecular formula is C20H23N3O3. The number of ketones is 1. The number of H-pyrrole nitrogens is 1. The third kappa shape index (κ3) is 3.79. The van der Waals surface area contributed by atoms with Crippen LogP contribution in [0.1, 0.15) is 40.2 Å². The lowest BCUT2D eigenvalue weighted by molar-refractivity contribution is 0.0967. The molecule has 1 aromatic heterocycles. The Bertz CT molecular complexity index is 770. The van der Waals surface area contributed by atoms with Crippen LogP contribution in [0.5, 0.6) is 0 Å². The van der Waals surface area contributed by atoms with Gasteiger partial charge >= 0.3 is 6.09 Å². The summed E-state index contributed by atoms with van der Waals surface area (Å²) in [5, 5.41) is 0. The summed E-state index contributed by atoms with van der Waals surface area (Å²) in [7, 11) is 0. The monoisotopic (exact) mass is 353 g/mol. The summed E-state index contributed by atoms with van der Waals surface area (Å²) in [5.74, 6) is 0.496. The molecule has 0 bridgehead atoms. The van der Waals surface area contributed by atoms with Gasteiger partial charge < -0.3 is 14.6 Å². The Morgan fingerprint density at radius 3 is 2.69 bits per heavy atom. The molecule has 0 unspecified atom stereocenters. The van der Waals surface area contributed by atoms with E-state index < -0.39 is 0 Å². The molecule has 1 N–H and O–H groups in total. The van der Waals surface area contributed by atoms with Gasteiger partial charge in [-0.05, 0) is 18.4 Å². The molecule has 6 nitrogen and oxygen atoms in total. The van der Waals surface area contributed by atoms with Crippen LogP contribution >= 0.6 is 0 Å². The van der Waals surface area contributed by atoms with Crippen molar-refractivity contribution in [3.63, 3.8) is 0 Å². The van der Waals surface area contributed by atoms with Gasteiger partial charge in [0.15, 0.2) is 5.78 Å². The Labute approximate surface area is 152 Å². The molecule has 2 aromatic rings. The van der Waals surface area contributed by atoms with Crippen molar-refractivity contribution in [3.05, 3.63) is 53.1 Å². The molecule has 0 saturated heterocycles. The molecule has 2 aliphatic rings. The lowest BCUT2D eigenvalue weighted by atomic mass is 10.0. The summed E-state index contributed by atoms with van der Waals surface area (Å²) in [6, 6.07) is 7.67. The average molecular weight is 353 g/mol. The molecule has 1 aliphatic heterocycles. The minimum absolute atomic E-state index is 0.243. The van der Waals surface area contributed by atoms with Crippen molar-refractivity contribution < 1.29 is 14.3 Å². The Morgan fingerprint density at radius 2 is 1.92 bits per heavy atom. The Morgan fingerprint density at radius 1 is 1.15 bits per heavy atom. The molecule has 2 heterocycles. The van der Waals surface area contributed by atoms with Crippen molar-refractivity contribution in [2.24, 2.45) is 5.92 Å². The SMILES string of the molecule is O=C(c1ccc(CCOC(=O)N2CCc3nc[nH]c3CC2)cc1)C1CC1. The van der Waals surface area contributed by atoms with E-state index >= 15 is 0 Å². The van der Waals surface area contributed by atoms with Gasteiger partial charge in [-0.15, -0.1) is 0 Å². The topological polar surface area (TPSA) is 75.3 Å².